The number of ether oxygens (including phenoxy) is 2. The zero-order valence-electron chi connectivity index (χ0n) is 33.8. The predicted octanol–water partition coefficient (Wildman–Crippen LogP) is 5.85. The Morgan fingerprint density at radius 1 is 0.466 bits per heavy atom. The molecule has 4 amide bonds. The van der Waals surface area contributed by atoms with Crippen molar-refractivity contribution in [3.05, 3.63) is 144 Å². The van der Waals surface area contributed by atoms with Gasteiger partial charge in [0.2, 0.25) is 11.8 Å². The summed E-state index contributed by atoms with van der Waals surface area (Å²) in [7, 11) is 0. The van der Waals surface area contributed by atoms with Crippen molar-refractivity contribution in [2.75, 3.05) is 0 Å². The van der Waals surface area contributed by atoms with E-state index in [9.17, 15) is 29.4 Å². The topological polar surface area (TPSA) is 175 Å². The quantitative estimate of drug-likeness (QED) is 0.0610. The number of hydrogen-bond donors (Lipinski definition) is 6. The van der Waals surface area contributed by atoms with Gasteiger partial charge in [0.1, 0.15) is 37.5 Å². The van der Waals surface area contributed by atoms with E-state index in [2.05, 4.69) is 21.3 Å². The van der Waals surface area contributed by atoms with Crippen LogP contribution >= 0.6 is 0 Å². The molecule has 0 aliphatic rings. The Balaban J connectivity index is 1.50. The van der Waals surface area contributed by atoms with Crippen LogP contribution in [0.4, 0.5) is 9.59 Å². The highest BCUT2D eigenvalue weighted by molar-refractivity contribution is 5.87. The molecule has 0 bridgehead atoms. The Kier molecular flexibility index (Phi) is 18.2. The van der Waals surface area contributed by atoms with Crippen molar-refractivity contribution in [1.29, 1.82) is 0 Å². The van der Waals surface area contributed by atoms with E-state index in [-0.39, 0.29) is 50.7 Å². The van der Waals surface area contributed by atoms with Gasteiger partial charge in [-0.2, -0.15) is 0 Å². The van der Waals surface area contributed by atoms with E-state index in [1.807, 2.05) is 149 Å². The number of rotatable bonds is 21. The van der Waals surface area contributed by atoms with E-state index >= 15 is 0 Å². The minimum atomic E-state index is -1.53. The number of nitrogens with one attached hydrogen (secondary N) is 4. The summed E-state index contributed by atoms with van der Waals surface area (Å²) in [5.74, 6) is -1.21. The molecule has 0 saturated carbocycles. The summed E-state index contributed by atoms with van der Waals surface area (Å²) in [4.78, 5) is 54.0. The monoisotopic (exact) mass is 794 g/mol. The number of carbonyl (C=O) groups excluding carboxylic acids is 4. The van der Waals surface area contributed by atoms with Crippen molar-refractivity contribution in [3.63, 3.8) is 0 Å². The molecular formula is C46H58N4O8. The summed E-state index contributed by atoms with van der Waals surface area (Å²) in [6, 6.07) is 32.6. The summed E-state index contributed by atoms with van der Waals surface area (Å²) in [6.45, 7) is 7.69. The van der Waals surface area contributed by atoms with Gasteiger partial charge in [-0.1, -0.05) is 149 Å². The largest absolute Gasteiger partial charge is 0.445 e. The maximum absolute atomic E-state index is 14.0. The minimum absolute atomic E-state index is 0.00673. The fourth-order valence-electron chi connectivity index (χ4n) is 6.56. The summed E-state index contributed by atoms with van der Waals surface area (Å²) < 4.78 is 10.9. The lowest BCUT2D eigenvalue weighted by Crippen LogP contribution is -2.60. The first kappa shape index (κ1) is 45.0. The first-order valence-electron chi connectivity index (χ1n) is 19.9. The molecule has 58 heavy (non-hydrogen) atoms. The van der Waals surface area contributed by atoms with Gasteiger partial charge in [0.25, 0.3) is 0 Å². The zero-order chi connectivity index (χ0) is 41.9. The van der Waals surface area contributed by atoms with Crippen LogP contribution in [0, 0.1) is 11.8 Å². The maximum atomic E-state index is 14.0. The number of hydrogen-bond acceptors (Lipinski definition) is 8. The highest BCUT2D eigenvalue weighted by Gasteiger charge is 2.37. The van der Waals surface area contributed by atoms with Crippen LogP contribution in [0.25, 0.3) is 0 Å². The SMILES string of the molecule is CC(C)CC(NC(=O)[C@@H](Cc1ccccc1)NC(=O)OCc1ccccc1)[C@@H](O)[C@@H](O)C(CC(C)C)NC(=O)[C@@H](Cc1ccccc1)NC(=O)OCc1ccccc1. The number of alkyl carbamates (subject to hydrolysis) is 2. The third-order valence-corrected chi connectivity index (χ3v) is 9.49. The maximum Gasteiger partial charge on any atom is 0.408 e. The van der Waals surface area contributed by atoms with Crippen LogP contribution in [0.2, 0.25) is 0 Å². The molecule has 0 saturated heterocycles. The first-order valence-corrected chi connectivity index (χ1v) is 19.9. The highest BCUT2D eigenvalue weighted by Crippen LogP contribution is 2.19. The standard InChI is InChI=1S/C46H58N4O8/c1-31(2)25-37(47-43(53)39(27-33-17-9-5-10-18-33)49-45(55)57-29-35-21-13-7-14-22-35)41(51)42(52)38(26-32(3)4)48-44(54)40(28-34-19-11-6-12-20-34)50-46(56)58-30-36-23-15-8-16-24-36/h5-24,31-32,37-42,51-52H,25-30H2,1-4H3,(H,47,53)(H,48,54)(H,49,55)(H,50,56)/t37?,38?,39-,40-,41-,42+/m1/s1. The molecule has 4 rings (SSSR count). The van der Waals surface area contributed by atoms with Crippen molar-refractivity contribution in [2.45, 2.75) is 103 Å². The summed E-state index contributed by atoms with van der Waals surface area (Å²) >= 11 is 0. The average Bonchev–Trinajstić information content (AvgIpc) is 3.21. The summed E-state index contributed by atoms with van der Waals surface area (Å²) in [5, 5.41) is 34.8. The van der Waals surface area contributed by atoms with Crippen molar-refractivity contribution < 1.29 is 38.9 Å². The fourth-order valence-corrected chi connectivity index (χ4v) is 6.56. The molecular weight excluding hydrogens is 737 g/mol. The van der Waals surface area contributed by atoms with Gasteiger partial charge < -0.3 is 41.0 Å². The van der Waals surface area contributed by atoms with Gasteiger partial charge in [-0.15, -0.1) is 0 Å². The van der Waals surface area contributed by atoms with Crippen LogP contribution in [0.5, 0.6) is 0 Å². The first-order chi connectivity index (χ1) is 27.9. The van der Waals surface area contributed by atoms with Gasteiger partial charge in [-0.25, -0.2) is 9.59 Å². The third-order valence-electron chi connectivity index (χ3n) is 9.49. The van der Waals surface area contributed by atoms with E-state index in [4.69, 9.17) is 9.47 Å². The molecule has 0 aliphatic carbocycles. The smallest absolute Gasteiger partial charge is 0.408 e. The lowest BCUT2D eigenvalue weighted by molar-refractivity contribution is -0.128. The number of aliphatic hydroxyl groups excluding tert-OH is 2. The average molecular weight is 795 g/mol. The molecule has 12 heteroatoms. The van der Waals surface area contributed by atoms with E-state index in [1.165, 1.54) is 0 Å². The van der Waals surface area contributed by atoms with Gasteiger partial charge >= 0.3 is 12.2 Å². The molecule has 0 fully saturated rings. The molecule has 4 aromatic rings. The van der Waals surface area contributed by atoms with E-state index < -0.39 is 60.4 Å². The van der Waals surface area contributed by atoms with Crippen LogP contribution in [0.1, 0.15) is 62.8 Å². The Labute approximate surface area is 341 Å². The summed E-state index contributed by atoms with van der Waals surface area (Å²) in [5.41, 5.74) is 3.14. The van der Waals surface area contributed by atoms with Crippen molar-refractivity contribution in [3.8, 4) is 0 Å². The third kappa shape index (κ3) is 15.7. The second-order valence-corrected chi connectivity index (χ2v) is 15.4. The van der Waals surface area contributed by atoms with E-state index in [0.29, 0.717) is 0 Å². The Hall–Kier alpha value is -5.72. The van der Waals surface area contributed by atoms with Gasteiger partial charge in [-0.05, 0) is 46.9 Å². The van der Waals surface area contributed by atoms with Gasteiger partial charge in [0.15, 0.2) is 0 Å². The number of amides is 4. The summed E-state index contributed by atoms with van der Waals surface area (Å²) in [6.07, 6.45) is -3.83. The van der Waals surface area contributed by atoms with Crippen molar-refractivity contribution >= 4 is 24.0 Å². The molecule has 12 nitrogen and oxygen atoms in total. The van der Waals surface area contributed by atoms with Crippen molar-refractivity contribution in [2.24, 2.45) is 11.8 Å². The lowest BCUT2D eigenvalue weighted by atomic mass is 9.89. The van der Waals surface area contributed by atoms with Crippen LogP contribution in [0.15, 0.2) is 121 Å². The molecule has 0 aliphatic heterocycles. The van der Waals surface area contributed by atoms with E-state index in [0.717, 1.165) is 22.3 Å². The number of benzene rings is 4. The molecule has 6 N–H and O–H groups in total. The molecule has 0 aromatic heterocycles. The number of aliphatic hydroxyl groups is 2. The minimum Gasteiger partial charge on any atom is -0.445 e. The highest BCUT2D eigenvalue weighted by atomic mass is 16.6. The molecule has 0 spiro atoms. The predicted molar refractivity (Wildman–Crippen MR) is 222 cm³/mol. The molecule has 0 heterocycles. The number of carbonyl (C=O) groups is 4. The molecule has 4 aromatic carbocycles. The Morgan fingerprint density at radius 2 is 0.759 bits per heavy atom. The van der Waals surface area contributed by atoms with Crippen LogP contribution in [-0.4, -0.2) is 70.6 Å². The normalized spacial score (nSPS) is 14.3. The lowest BCUT2D eigenvalue weighted by Gasteiger charge is -2.35. The van der Waals surface area contributed by atoms with Crippen molar-refractivity contribution in [1.82, 2.24) is 21.3 Å². The Morgan fingerprint density at radius 3 is 1.05 bits per heavy atom. The Bertz CT molecular complexity index is 1690. The van der Waals surface area contributed by atoms with E-state index in [1.54, 1.807) is 0 Å². The second kappa shape index (κ2) is 23.5. The zero-order valence-corrected chi connectivity index (χ0v) is 33.8. The van der Waals surface area contributed by atoms with Crippen LogP contribution in [0.3, 0.4) is 0 Å². The van der Waals surface area contributed by atoms with Gasteiger partial charge in [0, 0.05) is 12.8 Å². The molecule has 6 atom stereocenters. The van der Waals surface area contributed by atoms with Crippen LogP contribution in [-0.2, 0) is 45.1 Å². The molecule has 2 unspecified atom stereocenters. The molecule has 310 valence electrons. The second-order valence-electron chi connectivity index (χ2n) is 15.4. The van der Waals surface area contributed by atoms with Crippen LogP contribution < -0.4 is 21.3 Å². The molecule has 0 radical (unpaired) electrons. The van der Waals surface area contributed by atoms with Gasteiger partial charge in [-0.3, -0.25) is 9.59 Å². The van der Waals surface area contributed by atoms with Gasteiger partial charge in [0.05, 0.1) is 12.1 Å². The fraction of sp³-hybridized carbons (Fsp3) is 0.391.